The number of ether oxygens (including phenoxy) is 1. The molecule has 3 aliphatic heterocycles. The third-order valence-electron chi connectivity index (χ3n) is 6.94. The van der Waals surface area contributed by atoms with Crippen molar-refractivity contribution >= 4 is 29.1 Å². The number of benzene rings is 3. The van der Waals surface area contributed by atoms with Gasteiger partial charge in [0.1, 0.15) is 12.3 Å². The zero-order valence-electron chi connectivity index (χ0n) is 20.5. The van der Waals surface area contributed by atoms with Crippen LogP contribution in [0.25, 0.3) is 0 Å². The molecule has 3 aromatic carbocycles. The van der Waals surface area contributed by atoms with Gasteiger partial charge in [-0.05, 0) is 23.3 Å². The monoisotopic (exact) mass is 508 g/mol. The first-order chi connectivity index (χ1) is 18.6. The zero-order valence-corrected chi connectivity index (χ0v) is 20.5. The summed E-state index contributed by atoms with van der Waals surface area (Å²) >= 11 is 0. The van der Waals surface area contributed by atoms with E-state index in [1.54, 1.807) is 24.3 Å². The van der Waals surface area contributed by atoms with E-state index >= 15 is 0 Å². The summed E-state index contributed by atoms with van der Waals surface area (Å²) in [5.41, 5.74) is 3.02. The molecule has 0 radical (unpaired) electrons. The average molecular weight is 509 g/mol. The van der Waals surface area contributed by atoms with Crippen LogP contribution in [0.1, 0.15) is 23.6 Å². The van der Waals surface area contributed by atoms with Gasteiger partial charge in [-0.15, -0.1) is 0 Å². The number of methoxy groups -OCH3 is 1. The Morgan fingerprint density at radius 2 is 1.61 bits per heavy atom. The van der Waals surface area contributed by atoms with E-state index in [9.17, 15) is 14.4 Å². The van der Waals surface area contributed by atoms with E-state index in [0.29, 0.717) is 17.9 Å². The Labute approximate surface area is 218 Å². The number of rotatable bonds is 6. The Kier molecular flexibility index (Phi) is 5.91. The molecule has 3 heterocycles. The summed E-state index contributed by atoms with van der Waals surface area (Å²) in [6, 6.07) is 23.9. The van der Waals surface area contributed by atoms with E-state index in [1.165, 1.54) is 17.1 Å². The minimum atomic E-state index is -1.02. The average Bonchev–Trinajstić information content (AvgIpc) is 3.65. The first kappa shape index (κ1) is 23.5. The number of imide groups is 1. The fraction of sp³-hybridized carbons (Fsp3) is 0.214. The second kappa shape index (κ2) is 9.55. The molecule has 0 bridgehead atoms. The number of hydrogen-bond donors (Lipinski definition) is 0. The third-order valence-corrected chi connectivity index (χ3v) is 6.94. The maximum Gasteiger partial charge on any atom is 0.264 e. The SMILES string of the molecule is COc1ccccc1N1C(=O)[C@@H]2N=NN(CC(=O)N3N=C(c4ccccc4)C[C@H]3c3ccccc3)[C@H]2C1=O. The Bertz CT molecular complexity index is 1460. The molecule has 3 amide bonds. The topological polar surface area (TPSA) is 107 Å². The molecule has 3 aliphatic rings. The van der Waals surface area contributed by atoms with Gasteiger partial charge in [0.25, 0.3) is 17.7 Å². The Morgan fingerprint density at radius 3 is 2.34 bits per heavy atom. The van der Waals surface area contributed by atoms with Crippen LogP contribution < -0.4 is 9.64 Å². The molecule has 3 aromatic rings. The number of amides is 3. The molecule has 0 aromatic heterocycles. The molecule has 1 saturated heterocycles. The largest absolute Gasteiger partial charge is 0.495 e. The fourth-order valence-corrected chi connectivity index (χ4v) is 5.10. The van der Waals surface area contributed by atoms with Gasteiger partial charge in [-0.25, -0.2) is 9.91 Å². The molecule has 10 nitrogen and oxygen atoms in total. The van der Waals surface area contributed by atoms with Gasteiger partial charge in [-0.3, -0.25) is 19.4 Å². The van der Waals surface area contributed by atoms with Crippen LogP contribution in [0, 0.1) is 0 Å². The predicted octanol–water partition coefficient (Wildman–Crippen LogP) is 3.37. The van der Waals surface area contributed by atoms with Crippen molar-refractivity contribution < 1.29 is 19.1 Å². The number of carbonyl (C=O) groups is 3. The summed E-state index contributed by atoms with van der Waals surface area (Å²) in [6.07, 6.45) is 0.548. The zero-order chi connectivity index (χ0) is 26.2. The lowest BCUT2D eigenvalue weighted by Crippen LogP contribution is -2.44. The van der Waals surface area contributed by atoms with Crippen molar-refractivity contribution in [3.63, 3.8) is 0 Å². The predicted molar refractivity (Wildman–Crippen MR) is 138 cm³/mol. The number of hydrogen-bond acceptors (Lipinski definition) is 8. The van der Waals surface area contributed by atoms with E-state index in [4.69, 9.17) is 4.74 Å². The van der Waals surface area contributed by atoms with Crippen LogP contribution in [0.3, 0.4) is 0 Å². The highest BCUT2D eigenvalue weighted by molar-refractivity contribution is 6.26. The van der Waals surface area contributed by atoms with Crippen molar-refractivity contribution in [2.75, 3.05) is 18.6 Å². The second-order valence-electron chi connectivity index (χ2n) is 9.16. The number of anilines is 1. The second-order valence-corrected chi connectivity index (χ2v) is 9.16. The normalized spacial score (nSPS) is 22.2. The lowest BCUT2D eigenvalue weighted by atomic mass is 9.98. The molecule has 1 fully saturated rings. The lowest BCUT2D eigenvalue weighted by molar-refractivity contribution is -0.135. The molecule has 38 heavy (non-hydrogen) atoms. The highest BCUT2D eigenvalue weighted by Gasteiger charge is 2.56. The van der Waals surface area contributed by atoms with Crippen molar-refractivity contribution in [2.45, 2.75) is 24.5 Å². The van der Waals surface area contributed by atoms with Gasteiger partial charge < -0.3 is 4.74 Å². The van der Waals surface area contributed by atoms with E-state index in [2.05, 4.69) is 15.4 Å². The Hall–Kier alpha value is -4.86. The summed E-state index contributed by atoms with van der Waals surface area (Å²) in [5, 5.41) is 15.5. The van der Waals surface area contributed by atoms with Gasteiger partial charge in [-0.2, -0.15) is 10.2 Å². The van der Waals surface area contributed by atoms with Gasteiger partial charge in [0.2, 0.25) is 0 Å². The number of nitrogens with zero attached hydrogens (tertiary/aromatic N) is 6. The Morgan fingerprint density at radius 1 is 0.921 bits per heavy atom. The molecule has 0 N–H and O–H groups in total. The van der Waals surface area contributed by atoms with Crippen molar-refractivity contribution in [3.05, 3.63) is 96.1 Å². The summed E-state index contributed by atoms with van der Waals surface area (Å²) in [7, 11) is 1.47. The first-order valence-corrected chi connectivity index (χ1v) is 12.2. The van der Waals surface area contributed by atoms with Gasteiger partial charge in [0.15, 0.2) is 12.1 Å². The van der Waals surface area contributed by atoms with Gasteiger partial charge in [0.05, 0.1) is 24.6 Å². The Balaban J connectivity index is 1.26. The van der Waals surface area contributed by atoms with Gasteiger partial charge in [0, 0.05) is 6.42 Å². The number of carbonyl (C=O) groups excluding carboxylic acids is 3. The molecule has 0 unspecified atom stereocenters. The fourth-order valence-electron chi connectivity index (χ4n) is 5.10. The molecule has 0 aliphatic carbocycles. The molecule has 3 atom stereocenters. The van der Waals surface area contributed by atoms with E-state index < -0.39 is 23.9 Å². The van der Waals surface area contributed by atoms with Gasteiger partial charge in [-0.1, -0.05) is 78.0 Å². The van der Waals surface area contributed by atoms with E-state index in [-0.39, 0.29) is 18.5 Å². The van der Waals surface area contributed by atoms with E-state index in [1.807, 2.05) is 60.7 Å². The van der Waals surface area contributed by atoms with Crippen molar-refractivity contribution in [2.24, 2.45) is 15.4 Å². The quantitative estimate of drug-likeness (QED) is 0.475. The third kappa shape index (κ3) is 3.90. The van der Waals surface area contributed by atoms with Crippen molar-refractivity contribution in [3.8, 4) is 5.75 Å². The van der Waals surface area contributed by atoms with Crippen LogP contribution in [0.15, 0.2) is 100 Å². The minimum absolute atomic E-state index is 0.252. The van der Waals surface area contributed by atoms with Crippen LogP contribution in [-0.2, 0) is 14.4 Å². The maximum atomic E-state index is 13.6. The van der Waals surface area contributed by atoms with Crippen LogP contribution in [-0.4, -0.2) is 59.2 Å². The number of fused-ring (bicyclic) bond motifs is 1. The summed E-state index contributed by atoms with van der Waals surface area (Å²) in [5.74, 6) is -0.965. The molecule has 190 valence electrons. The first-order valence-electron chi connectivity index (χ1n) is 12.2. The van der Waals surface area contributed by atoms with E-state index in [0.717, 1.165) is 21.7 Å². The summed E-state index contributed by atoms with van der Waals surface area (Å²) < 4.78 is 5.35. The lowest BCUT2D eigenvalue weighted by Gasteiger charge is -2.25. The molecule has 6 rings (SSSR count). The maximum absolute atomic E-state index is 13.6. The van der Waals surface area contributed by atoms with Crippen molar-refractivity contribution in [1.82, 2.24) is 10.0 Å². The number of hydrazone groups is 1. The van der Waals surface area contributed by atoms with Crippen LogP contribution in [0.2, 0.25) is 0 Å². The molecule has 10 heteroatoms. The van der Waals surface area contributed by atoms with Crippen LogP contribution in [0.4, 0.5) is 5.69 Å². The minimum Gasteiger partial charge on any atom is -0.495 e. The summed E-state index contributed by atoms with van der Waals surface area (Å²) in [6.45, 7) is -0.252. The molecular formula is C28H24N6O4. The van der Waals surface area contributed by atoms with Crippen LogP contribution >= 0.6 is 0 Å². The highest BCUT2D eigenvalue weighted by Crippen LogP contribution is 2.37. The summed E-state index contributed by atoms with van der Waals surface area (Å²) in [4.78, 5) is 41.3. The smallest absolute Gasteiger partial charge is 0.264 e. The van der Waals surface area contributed by atoms with Crippen molar-refractivity contribution in [1.29, 1.82) is 0 Å². The highest BCUT2D eigenvalue weighted by atomic mass is 16.5. The molecular weight excluding hydrogens is 484 g/mol. The van der Waals surface area contributed by atoms with Crippen LogP contribution in [0.5, 0.6) is 5.75 Å². The molecule has 0 saturated carbocycles. The molecule has 0 spiro atoms. The van der Waals surface area contributed by atoms with Gasteiger partial charge >= 0.3 is 0 Å². The standard InChI is InChI=1S/C28H24N6O4/c1-38-23-15-9-8-14-21(23)33-27(36)25-26(28(33)37)32(31-29-25)17-24(35)34-22(19-12-6-3-7-13-19)16-20(30-34)18-10-4-2-5-11-18/h2-15,22,25-26H,16-17H2,1H3/t22-,25+,26+/m0/s1. The number of para-hydroxylation sites is 2.